The Morgan fingerprint density at radius 1 is 0.708 bits per heavy atom. The zero-order valence-electron chi connectivity index (χ0n) is 14.6. The SMILES string of the molecule is CC(C)(C)NS(=O)(=O)CC(=O)O.CC(C)(C)NS(=O)(=O)CC(=O)O. The van der Waals surface area contributed by atoms with Gasteiger partial charge in [-0.2, -0.15) is 0 Å². The second kappa shape index (κ2) is 8.74. The van der Waals surface area contributed by atoms with Gasteiger partial charge in [-0.05, 0) is 41.5 Å². The van der Waals surface area contributed by atoms with Crippen LogP contribution < -0.4 is 9.44 Å². The number of sulfonamides is 2. The first-order valence-corrected chi connectivity index (χ1v) is 10.0. The van der Waals surface area contributed by atoms with E-state index in [1.54, 1.807) is 41.5 Å². The fraction of sp³-hybridized carbons (Fsp3) is 0.833. The maximum absolute atomic E-state index is 11.0. The highest BCUT2D eigenvalue weighted by Crippen LogP contribution is 2.02. The van der Waals surface area contributed by atoms with Crippen molar-refractivity contribution in [2.45, 2.75) is 52.6 Å². The van der Waals surface area contributed by atoms with E-state index in [1.165, 1.54) is 0 Å². The third-order valence-electron chi connectivity index (χ3n) is 1.55. The van der Waals surface area contributed by atoms with E-state index in [2.05, 4.69) is 9.44 Å². The lowest BCUT2D eigenvalue weighted by atomic mass is 10.1. The number of carboxylic acids is 2. The molecule has 0 saturated carbocycles. The van der Waals surface area contributed by atoms with E-state index in [9.17, 15) is 26.4 Å². The minimum atomic E-state index is -3.69. The molecule has 0 aromatic heterocycles. The molecular weight excluding hydrogens is 364 g/mol. The molecule has 0 radical (unpaired) electrons. The van der Waals surface area contributed by atoms with Crippen LogP contribution >= 0.6 is 0 Å². The van der Waals surface area contributed by atoms with Gasteiger partial charge < -0.3 is 10.2 Å². The first kappa shape index (κ1) is 25.0. The summed E-state index contributed by atoms with van der Waals surface area (Å²) in [6.45, 7) is 9.87. The molecular formula is C12H26N2O8S2. The lowest BCUT2D eigenvalue weighted by Gasteiger charge is -2.19. The summed E-state index contributed by atoms with van der Waals surface area (Å²) in [4.78, 5) is 20.2. The van der Waals surface area contributed by atoms with Crippen LogP contribution in [0.3, 0.4) is 0 Å². The Morgan fingerprint density at radius 3 is 1.04 bits per heavy atom. The number of aliphatic carboxylic acids is 2. The zero-order chi connectivity index (χ0) is 20.0. The van der Waals surface area contributed by atoms with Crippen molar-refractivity contribution in [2.75, 3.05) is 11.5 Å². The molecule has 0 atom stereocenters. The van der Waals surface area contributed by atoms with E-state index in [-0.39, 0.29) is 0 Å². The molecule has 10 nitrogen and oxygen atoms in total. The third-order valence-corrected chi connectivity index (χ3v) is 4.65. The molecule has 0 saturated heterocycles. The molecule has 0 rings (SSSR count). The number of carbonyl (C=O) groups is 2. The van der Waals surface area contributed by atoms with Gasteiger partial charge in [0.25, 0.3) is 0 Å². The first-order valence-electron chi connectivity index (χ1n) is 6.71. The van der Waals surface area contributed by atoms with Gasteiger partial charge in [0.1, 0.15) is 0 Å². The van der Waals surface area contributed by atoms with Crippen LogP contribution in [0.5, 0.6) is 0 Å². The Morgan fingerprint density at radius 2 is 0.917 bits per heavy atom. The Bertz CT molecular complexity index is 582. The van der Waals surface area contributed by atoms with E-state index in [0.29, 0.717) is 0 Å². The minimum absolute atomic E-state index is 0.631. The summed E-state index contributed by atoms with van der Waals surface area (Å²) in [7, 11) is -7.38. The molecule has 0 aromatic carbocycles. The fourth-order valence-corrected chi connectivity index (χ4v) is 3.99. The quantitative estimate of drug-likeness (QED) is 0.474. The molecule has 0 aliphatic carbocycles. The molecule has 0 aromatic rings. The van der Waals surface area contributed by atoms with Crippen molar-refractivity contribution in [2.24, 2.45) is 0 Å². The van der Waals surface area contributed by atoms with Crippen LogP contribution in [0.4, 0.5) is 0 Å². The minimum Gasteiger partial charge on any atom is -0.480 e. The highest BCUT2D eigenvalue weighted by Gasteiger charge is 2.23. The molecule has 0 unspecified atom stereocenters. The van der Waals surface area contributed by atoms with E-state index >= 15 is 0 Å². The maximum atomic E-state index is 11.0. The van der Waals surface area contributed by atoms with Gasteiger partial charge in [-0.1, -0.05) is 0 Å². The maximum Gasteiger partial charge on any atom is 0.320 e. The Kier molecular flexibility index (Phi) is 9.10. The standard InChI is InChI=1S/2C6H13NO4S/c2*1-6(2,3)7-12(10,11)4-5(8)9/h2*7H,4H2,1-3H3,(H,8,9). The third kappa shape index (κ3) is 18.8. The Hall–Kier alpha value is -1.24. The summed E-state index contributed by atoms with van der Waals surface area (Å²) in [5.41, 5.74) is -1.26. The van der Waals surface area contributed by atoms with Crippen molar-refractivity contribution < 1.29 is 36.6 Å². The summed E-state index contributed by atoms with van der Waals surface area (Å²) >= 11 is 0. The average Bonchev–Trinajstić information content (AvgIpc) is 2.02. The number of hydrogen-bond acceptors (Lipinski definition) is 6. The Balaban J connectivity index is 0. The van der Waals surface area contributed by atoms with Gasteiger partial charge >= 0.3 is 11.9 Å². The van der Waals surface area contributed by atoms with Crippen LogP contribution in [-0.2, 0) is 29.6 Å². The van der Waals surface area contributed by atoms with Gasteiger partial charge in [-0.25, -0.2) is 26.3 Å². The number of rotatable bonds is 6. The number of hydrogen-bond donors (Lipinski definition) is 4. The lowest BCUT2D eigenvalue weighted by Crippen LogP contribution is -2.43. The van der Waals surface area contributed by atoms with Crippen LogP contribution in [0.2, 0.25) is 0 Å². The molecule has 0 spiro atoms. The van der Waals surface area contributed by atoms with E-state index in [0.717, 1.165) is 0 Å². The first-order chi connectivity index (χ1) is 10.2. The smallest absolute Gasteiger partial charge is 0.320 e. The normalized spacial score (nSPS) is 12.9. The van der Waals surface area contributed by atoms with E-state index in [1.807, 2.05) is 0 Å². The van der Waals surface area contributed by atoms with Crippen molar-refractivity contribution >= 4 is 32.0 Å². The predicted octanol–water partition coefficient (Wildman–Crippen LogP) is -0.422. The molecule has 4 N–H and O–H groups in total. The highest BCUT2D eigenvalue weighted by atomic mass is 32.2. The second-order valence-electron chi connectivity index (χ2n) is 7.01. The highest BCUT2D eigenvalue weighted by molar-refractivity contribution is 7.90. The van der Waals surface area contributed by atoms with Gasteiger partial charge in [0, 0.05) is 11.1 Å². The zero-order valence-corrected chi connectivity index (χ0v) is 16.2. The molecule has 24 heavy (non-hydrogen) atoms. The van der Waals surface area contributed by atoms with Gasteiger partial charge in [0.2, 0.25) is 20.0 Å². The topological polar surface area (TPSA) is 167 Å². The number of carboxylic acid groups (broad SMARTS) is 2. The largest absolute Gasteiger partial charge is 0.480 e. The summed E-state index contributed by atoms with van der Waals surface area (Å²) < 4.78 is 48.3. The summed E-state index contributed by atoms with van der Waals surface area (Å²) in [6.07, 6.45) is 0. The van der Waals surface area contributed by atoms with Crippen LogP contribution in [0, 0.1) is 0 Å². The molecule has 144 valence electrons. The molecule has 0 bridgehead atoms. The van der Waals surface area contributed by atoms with Crippen molar-refractivity contribution in [1.29, 1.82) is 0 Å². The van der Waals surface area contributed by atoms with Gasteiger partial charge in [0.05, 0.1) is 0 Å². The van der Waals surface area contributed by atoms with Crippen molar-refractivity contribution in [3.8, 4) is 0 Å². The summed E-state index contributed by atoms with van der Waals surface area (Å²) in [5, 5.41) is 16.5. The van der Waals surface area contributed by atoms with Gasteiger partial charge in [-0.15, -0.1) is 0 Å². The number of nitrogens with one attached hydrogen (secondary N) is 2. The monoisotopic (exact) mass is 390 g/mol. The Labute approximate surface area is 142 Å². The van der Waals surface area contributed by atoms with Gasteiger partial charge in [0.15, 0.2) is 11.5 Å². The summed E-state index contributed by atoms with van der Waals surface area (Å²) in [6, 6.07) is 0. The van der Waals surface area contributed by atoms with Crippen LogP contribution in [0.15, 0.2) is 0 Å². The molecule has 0 aliphatic rings. The molecule has 0 amide bonds. The second-order valence-corrected chi connectivity index (χ2v) is 10.5. The van der Waals surface area contributed by atoms with Crippen molar-refractivity contribution in [1.82, 2.24) is 9.44 Å². The molecule has 0 fully saturated rings. The summed E-state index contributed by atoms with van der Waals surface area (Å²) in [5.74, 6) is -4.48. The fourth-order valence-electron chi connectivity index (χ4n) is 1.33. The van der Waals surface area contributed by atoms with Crippen LogP contribution in [-0.4, -0.2) is 61.6 Å². The lowest BCUT2D eigenvalue weighted by molar-refractivity contribution is -0.135. The molecule has 12 heteroatoms. The average molecular weight is 390 g/mol. The molecule has 0 aliphatic heterocycles. The van der Waals surface area contributed by atoms with E-state index < -0.39 is 54.6 Å². The van der Waals surface area contributed by atoms with Crippen LogP contribution in [0.25, 0.3) is 0 Å². The van der Waals surface area contributed by atoms with E-state index in [4.69, 9.17) is 10.2 Å². The molecule has 0 heterocycles. The predicted molar refractivity (Wildman–Crippen MR) is 88.6 cm³/mol. The van der Waals surface area contributed by atoms with Crippen LogP contribution in [0.1, 0.15) is 41.5 Å². The van der Waals surface area contributed by atoms with Crippen molar-refractivity contribution in [3.05, 3.63) is 0 Å². The van der Waals surface area contributed by atoms with Gasteiger partial charge in [-0.3, -0.25) is 9.59 Å². The van der Waals surface area contributed by atoms with Crippen molar-refractivity contribution in [3.63, 3.8) is 0 Å².